The maximum atomic E-state index is 14.0. The minimum Gasteiger partial charge on any atom is -0.357 e. The maximum absolute atomic E-state index is 14.0. The molecular weight excluding hydrogens is 508 g/mol. The zero-order chi connectivity index (χ0) is 20.8. The molecule has 1 saturated heterocycles. The smallest absolute Gasteiger partial charge is 0.191 e. The fourth-order valence-electron chi connectivity index (χ4n) is 3.76. The van der Waals surface area contributed by atoms with Crippen LogP contribution in [0.25, 0.3) is 11.0 Å². The molecule has 1 aromatic carbocycles. The van der Waals surface area contributed by atoms with Crippen LogP contribution in [-0.4, -0.2) is 53.1 Å². The Hall–Kier alpha value is -2.43. The van der Waals surface area contributed by atoms with E-state index in [1.54, 1.807) is 12.3 Å². The van der Waals surface area contributed by atoms with Gasteiger partial charge in [0.1, 0.15) is 5.82 Å². The first-order valence-electron chi connectivity index (χ1n) is 10.6. The zero-order valence-corrected chi connectivity index (χ0v) is 20.0. The number of fused-ring (bicyclic) bond motifs is 1. The molecule has 4 rings (SSSR count). The standard InChI is InChI=1S/C22H28FN7.HI/c1-2-24-22(26-13-6-10-20-28-18-8-3-4-9-19(18)29-20)27-16-11-14-30(15-16)21-17(23)7-5-12-25-21;/h3-5,7-9,12,16H,2,6,10-11,13-15H2,1H3,(H,28,29)(H2,24,26,27);1H. The van der Waals surface area contributed by atoms with E-state index in [1.807, 2.05) is 29.2 Å². The highest BCUT2D eigenvalue weighted by molar-refractivity contribution is 14.0. The second kappa shape index (κ2) is 11.3. The van der Waals surface area contributed by atoms with E-state index in [1.165, 1.54) is 6.07 Å². The van der Waals surface area contributed by atoms with Gasteiger partial charge in [-0.1, -0.05) is 12.1 Å². The number of hydrogen-bond acceptors (Lipinski definition) is 4. The Morgan fingerprint density at radius 1 is 1.29 bits per heavy atom. The Kier molecular flexibility index (Phi) is 8.44. The molecule has 3 aromatic rings. The van der Waals surface area contributed by atoms with E-state index < -0.39 is 0 Å². The lowest BCUT2D eigenvalue weighted by Gasteiger charge is -2.19. The van der Waals surface area contributed by atoms with E-state index in [0.717, 1.165) is 55.2 Å². The molecule has 1 aliphatic heterocycles. The minimum absolute atomic E-state index is 0. The normalized spacial score (nSPS) is 16.4. The van der Waals surface area contributed by atoms with Crippen LogP contribution in [0.1, 0.15) is 25.6 Å². The Labute approximate surface area is 199 Å². The highest BCUT2D eigenvalue weighted by Crippen LogP contribution is 2.20. The number of rotatable bonds is 7. The van der Waals surface area contributed by atoms with Crippen LogP contribution in [-0.2, 0) is 6.42 Å². The fourth-order valence-corrected chi connectivity index (χ4v) is 3.76. The lowest BCUT2D eigenvalue weighted by molar-refractivity contribution is 0.612. The van der Waals surface area contributed by atoms with Gasteiger partial charge in [-0.3, -0.25) is 4.99 Å². The molecule has 0 radical (unpaired) electrons. The molecule has 0 spiro atoms. The van der Waals surface area contributed by atoms with Gasteiger partial charge in [0.25, 0.3) is 0 Å². The number of pyridine rings is 1. The van der Waals surface area contributed by atoms with Gasteiger partial charge < -0.3 is 20.5 Å². The number of nitrogens with one attached hydrogen (secondary N) is 3. The van der Waals surface area contributed by atoms with Gasteiger partial charge >= 0.3 is 0 Å². The SMILES string of the molecule is CCNC(=NCCCc1nc2ccccc2[nH]1)NC1CCN(c2ncccc2F)C1.I. The van der Waals surface area contributed by atoms with Crippen LogP contribution in [0.3, 0.4) is 0 Å². The van der Waals surface area contributed by atoms with Crippen LogP contribution in [0.4, 0.5) is 10.2 Å². The van der Waals surface area contributed by atoms with E-state index >= 15 is 0 Å². The summed E-state index contributed by atoms with van der Waals surface area (Å²) in [5.41, 5.74) is 2.07. The van der Waals surface area contributed by atoms with E-state index in [-0.39, 0.29) is 35.8 Å². The third kappa shape index (κ3) is 6.05. The molecule has 0 bridgehead atoms. The zero-order valence-electron chi connectivity index (χ0n) is 17.6. The molecule has 0 saturated carbocycles. The van der Waals surface area contributed by atoms with Gasteiger partial charge in [0.2, 0.25) is 0 Å². The van der Waals surface area contributed by atoms with Crippen LogP contribution < -0.4 is 15.5 Å². The van der Waals surface area contributed by atoms with Gasteiger partial charge in [-0.05, 0) is 44.0 Å². The molecular formula is C22H29FIN7. The summed E-state index contributed by atoms with van der Waals surface area (Å²) < 4.78 is 14.0. The summed E-state index contributed by atoms with van der Waals surface area (Å²) >= 11 is 0. The molecule has 1 fully saturated rings. The number of aliphatic imine (C=N–C) groups is 1. The quantitative estimate of drug-likeness (QED) is 0.186. The van der Waals surface area contributed by atoms with E-state index in [4.69, 9.17) is 4.99 Å². The largest absolute Gasteiger partial charge is 0.357 e. The van der Waals surface area contributed by atoms with E-state index in [9.17, 15) is 4.39 Å². The second-order valence-electron chi connectivity index (χ2n) is 7.45. The number of H-pyrrole nitrogens is 1. The highest BCUT2D eigenvalue weighted by Gasteiger charge is 2.25. The van der Waals surface area contributed by atoms with Crippen molar-refractivity contribution in [3.05, 3.63) is 54.2 Å². The number of nitrogens with zero attached hydrogens (tertiary/aromatic N) is 4. The number of imidazole rings is 1. The molecule has 3 N–H and O–H groups in total. The van der Waals surface area contributed by atoms with Crippen molar-refractivity contribution in [3.8, 4) is 0 Å². The predicted molar refractivity (Wildman–Crippen MR) is 134 cm³/mol. The second-order valence-corrected chi connectivity index (χ2v) is 7.45. The first-order valence-corrected chi connectivity index (χ1v) is 10.6. The number of benzene rings is 1. The molecule has 0 amide bonds. The Morgan fingerprint density at radius 3 is 2.97 bits per heavy atom. The van der Waals surface area contributed by atoms with Gasteiger partial charge in [0, 0.05) is 44.8 Å². The molecule has 1 atom stereocenters. The van der Waals surface area contributed by atoms with Crippen molar-refractivity contribution in [1.29, 1.82) is 0 Å². The number of hydrogen-bond donors (Lipinski definition) is 3. The van der Waals surface area contributed by atoms with Crippen molar-refractivity contribution in [3.63, 3.8) is 0 Å². The van der Waals surface area contributed by atoms with Crippen molar-refractivity contribution in [2.24, 2.45) is 4.99 Å². The van der Waals surface area contributed by atoms with Crippen LogP contribution in [0.5, 0.6) is 0 Å². The van der Waals surface area contributed by atoms with Gasteiger partial charge in [0.15, 0.2) is 17.6 Å². The molecule has 7 nitrogen and oxygen atoms in total. The van der Waals surface area contributed by atoms with Crippen molar-refractivity contribution in [2.45, 2.75) is 32.2 Å². The average molecular weight is 537 g/mol. The molecule has 9 heteroatoms. The summed E-state index contributed by atoms with van der Waals surface area (Å²) in [4.78, 5) is 18.8. The monoisotopic (exact) mass is 537 g/mol. The van der Waals surface area contributed by atoms with Crippen molar-refractivity contribution < 1.29 is 4.39 Å². The first-order chi connectivity index (χ1) is 14.7. The topological polar surface area (TPSA) is 81.2 Å². The highest BCUT2D eigenvalue weighted by atomic mass is 127. The molecule has 1 unspecified atom stereocenters. The van der Waals surface area contributed by atoms with Crippen LogP contribution in [0.2, 0.25) is 0 Å². The number of para-hydroxylation sites is 2. The molecule has 2 aromatic heterocycles. The predicted octanol–water partition coefficient (Wildman–Crippen LogP) is 3.48. The van der Waals surface area contributed by atoms with Gasteiger partial charge in [-0.2, -0.15) is 0 Å². The Morgan fingerprint density at radius 2 is 2.16 bits per heavy atom. The number of aromatic amines is 1. The summed E-state index contributed by atoms with van der Waals surface area (Å²) in [7, 11) is 0. The molecule has 166 valence electrons. The molecule has 3 heterocycles. The van der Waals surface area contributed by atoms with Crippen molar-refractivity contribution in [2.75, 3.05) is 31.1 Å². The van der Waals surface area contributed by atoms with Gasteiger partial charge in [-0.15, -0.1) is 24.0 Å². The third-order valence-electron chi connectivity index (χ3n) is 5.19. The fraction of sp³-hybridized carbons (Fsp3) is 0.409. The van der Waals surface area contributed by atoms with Crippen molar-refractivity contribution >= 4 is 46.8 Å². The number of aromatic nitrogens is 3. The van der Waals surface area contributed by atoms with Crippen molar-refractivity contribution in [1.82, 2.24) is 25.6 Å². The van der Waals surface area contributed by atoms with Gasteiger partial charge in [0.05, 0.1) is 11.0 Å². The summed E-state index contributed by atoms with van der Waals surface area (Å²) in [6.07, 6.45) is 4.31. The number of guanidine groups is 1. The lowest BCUT2D eigenvalue weighted by Crippen LogP contribution is -2.44. The van der Waals surface area contributed by atoms with E-state index in [0.29, 0.717) is 18.9 Å². The number of aryl methyl sites for hydroxylation is 1. The lowest BCUT2D eigenvalue weighted by atomic mass is 10.3. The number of halogens is 2. The minimum atomic E-state index is -0.274. The average Bonchev–Trinajstić information content (AvgIpc) is 3.38. The van der Waals surface area contributed by atoms with Crippen LogP contribution in [0.15, 0.2) is 47.6 Å². The first kappa shape index (κ1) is 23.2. The van der Waals surface area contributed by atoms with E-state index in [2.05, 4.69) is 32.5 Å². The maximum Gasteiger partial charge on any atom is 0.191 e. The third-order valence-corrected chi connectivity index (χ3v) is 5.19. The van der Waals surface area contributed by atoms with Crippen LogP contribution >= 0.6 is 24.0 Å². The summed E-state index contributed by atoms with van der Waals surface area (Å²) in [5, 5.41) is 6.78. The Bertz CT molecular complexity index is 973. The summed E-state index contributed by atoms with van der Waals surface area (Å²) in [6, 6.07) is 11.3. The molecule has 1 aliphatic rings. The number of anilines is 1. The van der Waals surface area contributed by atoms with Gasteiger partial charge in [-0.25, -0.2) is 14.4 Å². The molecule has 31 heavy (non-hydrogen) atoms. The van der Waals surface area contributed by atoms with Crippen LogP contribution in [0, 0.1) is 5.82 Å². The molecule has 0 aliphatic carbocycles. The summed E-state index contributed by atoms with van der Waals surface area (Å²) in [6.45, 7) is 5.03. The Balaban J connectivity index is 0.00000272. The summed E-state index contributed by atoms with van der Waals surface area (Å²) in [5.74, 6) is 1.95.